The number of nitrogens with zero attached hydrogens (tertiary/aromatic N) is 1. The molecule has 0 heterocycles. The summed E-state index contributed by atoms with van der Waals surface area (Å²) in [7, 11) is -0.487. The van der Waals surface area contributed by atoms with Crippen molar-refractivity contribution < 1.29 is 0 Å². The SMILES string of the molecule is CCN(CC)[C@H](C)C1C=CC=C1P(c1ccccc1)c1ccccc1. The smallest absolute Gasteiger partial charge is 0.0185 e. The molecule has 0 N–H and O–H groups in total. The van der Waals surface area contributed by atoms with Gasteiger partial charge in [-0.15, -0.1) is 0 Å². The van der Waals surface area contributed by atoms with Crippen LogP contribution in [-0.4, -0.2) is 24.0 Å². The van der Waals surface area contributed by atoms with E-state index in [2.05, 4.69) is 105 Å². The maximum Gasteiger partial charge on any atom is 0.0185 e. The third kappa shape index (κ3) is 3.94. The molecule has 1 aliphatic rings. The fourth-order valence-corrected chi connectivity index (χ4v) is 6.41. The van der Waals surface area contributed by atoms with Gasteiger partial charge >= 0.3 is 0 Å². The molecule has 0 saturated heterocycles. The molecule has 0 saturated carbocycles. The highest BCUT2D eigenvalue weighted by Crippen LogP contribution is 2.50. The molecule has 0 radical (unpaired) electrons. The van der Waals surface area contributed by atoms with Crippen molar-refractivity contribution in [2.75, 3.05) is 13.1 Å². The van der Waals surface area contributed by atoms with Crippen LogP contribution in [0.5, 0.6) is 0 Å². The van der Waals surface area contributed by atoms with E-state index in [4.69, 9.17) is 0 Å². The highest BCUT2D eigenvalue weighted by atomic mass is 31.1. The summed E-state index contributed by atoms with van der Waals surface area (Å²) < 4.78 is 0. The van der Waals surface area contributed by atoms with Gasteiger partial charge in [-0.3, -0.25) is 0 Å². The van der Waals surface area contributed by atoms with Gasteiger partial charge in [-0.05, 0) is 43.9 Å². The Morgan fingerprint density at radius 3 is 1.88 bits per heavy atom. The Labute approximate surface area is 153 Å². The zero-order valence-electron chi connectivity index (χ0n) is 15.5. The van der Waals surface area contributed by atoms with Crippen LogP contribution >= 0.6 is 7.92 Å². The maximum absolute atomic E-state index is 2.57. The molecule has 25 heavy (non-hydrogen) atoms. The Hall–Kier alpha value is -1.69. The molecule has 2 heteroatoms. The van der Waals surface area contributed by atoms with Crippen LogP contribution in [0.25, 0.3) is 0 Å². The van der Waals surface area contributed by atoms with Crippen LogP contribution in [0.1, 0.15) is 20.8 Å². The van der Waals surface area contributed by atoms with E-state index < -0.39 is 7.92 Å². The summed E-state index contributed by atoms with van der Waals surface area (Å²) in [6.07, 6.45) is 7.04. The lowest BCUT2D eigenvalue weighted by Crippen LogP contribution is -2.38. The average Bonchev–Trinajstić information content (AvgIpc) is 3.14. The van der Waals surface area contributed by atoms with Gasteiger partial charge in [0.15, 0.2) is 0 Å². The lowest BCUT2D eigenvalue weighted by molar-refractivity contribution is 0.207. The Balaban J connectivity index is 1.99. The highest BCUT2D eigenvalue weighted by Gasteiger charge is 2.31. The van der Waals surface area contributed by atoms with Crippen LogP contribution in [-0.2, 0) is 0 Å². The first-order chi connectivity index (χ1) is 12.3. The molecule has 3 rings (SSSR count). The number of hydrogen-bond donors (Lipinski definition) is 0. The maximum atomic E-state index is 2.57. The van der Waals surface area contributed by atoms with Crippen molar-refractivity contribution in [2.24, 2.45) is 5.92 Å². The molecule has 0 spiro atoms. The van der Waals surface area contributed by atoms with Gasteiger partial charge in [0.2, 0.25) is 0 Å². The second-order valence-electron chi connectivity index (χ2n) is 6.47. The fourth-order valence-electron chi connectivity index (χ4n) is 3.74. The van der Waals surface area contributed by atoms with E-state index in [1.54, 1.807) is 5.31 Å². The molecule has 0 fully saturated rings. The summed E-state index contributed by atoms with van der Waals surface area (Å²) in [5.41, 5.74) is 0. The predicted molar refractivity (Wildman–Crippen MR) is 112 cm³/mol. The van der Waals surface area contributed by atoms with Gasteiger partial charge in [-0.2, -0.15) is 0 Å². The molecule has 1 aliphatic carbocycles. The number of benzene rings is 2. The lowest BCUT2D eigenvalue weighted by atomic mass is 10.0. The third-order valence-corrected chi connectivity index (χ3v) is 7.71. The van der Waals surface area contributed by atoms with Crippen LogP contribution in [0.15, 0.2) is 84.2 Å². The number of rotatable bonds is 7. The lowest BCUT2D eigenvalue weighted by Gasteiger charge is -2.34. The summed E-state index contributed by atoms with van der Waals surface area (Å²) in [6, 6.07) is 22.6. The van der Waals surface area contributed by atoms with Gasteiger partial charge in [0.05, 0.1) is 0 Å². The Kier molecular flexibility index (Phi) is 6.24. The minimum absolute atomic E-state index is 0.487. The van der Waals surface area contributed by atoms with Gasteiger partial charge in [0.25, 0.3) is 0 Å². The summed E-state index contributed by atoms with van der Waals surface area (Å²) >= 11 is 0. The van der Waals surface area contributed by atoms with Gasteiger partial charge in [0.1, 0.15) is 0 Å². The quantitative estimate of drug-likeness (QED) is 0.641. The molecule has 0 bridgehead atoms. The molecule has 0 aromatic heterocycles. The Morgan fingerprint density at radius 2 is 1.40 bits per heavy atom. The van der Waals surface area contributed by atoms with Gasteiger partial charge < -0.3 is 4.90 Å². The van der Waals surface area contributed by atoms with E-state index in [9.17, 15) is 0 Å². The number of allylic oxidation sites excluding steroid dienone is 2. The normalized spacial score (nSPS) is 18.0. The molecule has 0 amide bonds. The Morgan fingerprint density at radius 1 is 0.880 bits per heavy atom. The van der Waals surface area contributed by atoms with E-state index in [0.29, 0.717) is 12.0 Å². The zero-order chi connectivity index (χ0) is 17.6. The van der Waals surface area contributed by atoms with E-state index in [0.717, 1.165) is 13.1 Å². The second kappa shape index (κ2) is 8.61. The first-order valence-corrected chi connectivity index (χ1v) is 10.6. The van der Waals surface area contributed by atoms with E-state index in [-0.39, 0.29) is 0 Å². The largest absolute Gasteiger partial charge is 0.300 e. The van der Waals surface area contributed by atoms with Gasteiger partial charge in [0, 0.05) is 12.0 Å². The van der Waals surface area contributed by atoms with E-state index in [1.807, 2.05) is 0 Å². The molecular weight excluding hydrogens is 321 g/mol. The van der Waals surface area contributed by atoms with Crippen molar-refractivity contribution in [1.82, 2.24) is 4.90 Å². The topological polar surface area (TPSA) is 3.24 Å². The van der Waals surface area contributed by atoms with Crippen LogP contribution in [0.2, 0.25) is 0 Å². The summed E-state index contributed by atoms with van der Waals surface area (Å²) in [5, 5.41) is 4.46. The summed E-state index contributed by atoms with van der Waals surface area (Å²) in [5.74, 6) is 0.492. The fraction of sp³-hybridized carbons (Fsp3) is 0.304. The van der Waals surface area contributed by atoms with Gasteiger partial charge in [-0.1, -0.05) is 92.7 Å². The molecule has 1 nitrogen and oxygen atoms in total. The van der Waals surface area contributed by atoms with Crippen molar-refractivity contribution in [1.29, 1.82) is 0 Å². The summed E-state index contributed by atoms with van der Waals surface area (Å²) in [6.45, 7) is 9.11. The molecule has 2 atom stereocenters. The van der Waals surface area contributed by atoms with Crippen LogP contribution < -0.4 is 10.6 Å². The van der Waals surface area contributed by atoms with Crippen molar-refractivity contribution in [3.05, 3.63) is 84.2 Å². The molecule has 2 aromatic carbocycles. The van der Waals surface area contributed by atoms with Crippen molar-refractivity contribution >= 4 is 18.5 Å². The molecule has 1 unspecified atom stereocenters. The van der Waals surface area contributed by atoms with E-state index >= 15 is 0 Å². The third-order valence-electron chi connectivity index (χ3n) is 5.12. The van der Waals surface area contributed by atoms with Crippen molar-refractivity contribution in [3.8, 4) is 0 Å². The second-order valence-corrected chi connectivity index (χ2v) is 8.69. The average molecular weight is 349 g/mol. The molecule has 130 valence electrons. The Bertz CT molecular complexity index is 677. The van der Waals surface area contributed by atoms with Gasteiger partial charge in [-0.25, -0.2) is 0 Å². The monoisotopic (exact) mass is 349 g/mol. The summed E-state index contributed by atoms with van der Waals surface area (Å²) in [4.78, 5) is 2.57. The molecular formula is C23H28NP. The first kappa shape index (κ1) is 18.1. The van der Waals surface area contributed by atoms with Crippen LogP contribution in [0.4, 0.5) is 0 Å². The molecule has 2 aromatic rings. The predicted octanol–water partition coefficient (Wildman–Crippen LogP) is 4.92. The minimum Gasteiger partial charge on any atom is -0.300 e. The van der Waals surface area contributed by atoms with Crippen LogP contribution in [0.3, 0.4) is 0 Å². The minimum atomic E-state index is -0.487. The van der Waals surface area contributed by atoms with Crippen LogP contribution in [0, 0.1) is 5.92 Å². The van der Waals surface area contributed by atoms with E-state index in [1.165, 1.54) is 10.6 Å². The number of hydrogen-bond acceptors (Lipinski definition) is 1. The zero-order valence-corrected chi connectivity index (χ0v) is 16.4. The standard InChI is InChI=1S/C23H28NP/c1-4-24(5-2)19(3)22-17-12-18-23(22)25(20-13-8-6-9-14-20)21-15-10-7-11-16-21/h6-19,22H,4-5H2,1-3H3/t19-,22?/m1/s1. The van der Waals surface area contributed by atoms with Crippen molar-refractivity contribution in [3.63, 3.8) is 0 Å². The molecule has 0 aliphatic heterocycles. The first-order valence-electron chi connectivity index (χ1n) is 9.29. The van der Waals surface area contributed by atoms with Crippen molar-refractivity contribution in [2.45, 2.75) is 26.8 Å². The highest BCUT2D eigenvalue weighted by molar-refractivity contribution is 7.76.